The minimum atomic E-state index is -0.307. The Morgan fingerprint density at radius 1 is 1.11 bits per heavy atom. The van der Waals surface area contributed by atoms with Crippen LogP contribution in [0.15, 0.2) is 53.7 Å². The molecule has 1 atom stereocenters. The van der Waals surface area contributed by atoms with E-state index in [0.717, 1.165) is 28.7 Å². The van der Waals surface area contributed by atoms with E-state index in [1.807, 2.05) is 66.9 Å². The number of carbonyl (C=O) groups excluding carboxylic acids is 1. The normalized spacial score (nSPS) is 12.0. The van der Waals surface area contributed by atoms with Crippen LogP contribution in [0.25, 0.3) is 11.4 Å². The number of thioether (sulfide) groups is 1. The summed E-state index contributed by atoms with van der Waals surface area (Å²) in [6, 6.07) is 15.4. The van der Waals surface area contributed by atoms with Crippen molar-refractivity contribution in [3.05, 3.63) is 59.1 Å². The van der Waals surface area contributed by atoms with Crippen molar-refractivity contribution in [2.45, 2.75) is 44.1 Å². The second-order valence-corrected chi connectivity index (χ2v) is 8.10. The molecule has 7 heteroatoms. The lowest BCUT2D eigenvalue weighted by Crippen LogP contribution is -2.23. The largest absolute Gasteiger partial charge is 0.325 e. The van der Waals surface area contributed by atoms with Gasteiger partial charge in [-0.1, -0.05) is 42.4 Å². The molecular formula is C21H23ClN4OS. The Morgan fingerprint density at radius 2 is 1.79 bits per heavy atom. The molecule has 0 bridgehead atoms. The van der Waals surface area contributed by atoms with E-state index in [1.54, 1.807) is 0 Å². The summed E-state index contributed by atoms with van der Waals surface area (Å²) in [7, 11) is 0. The summed E-state index contributed by atoms with van der Waals surface area (Å²) < 4.78 is 2.01. The predicted octanol–water partition coefficient (Wildman–Crippen LogP) is 5.30. The van der Waals surface area contributed by atoms with Crippen LogP contribution in [0.1, 0.15) is 26.3 Å². The monoisotopic (exact) mass is 414 g/mol. The van der Waals surface area contributed by atoms with Crippen molar-refractivity contribution in [1.82, 2.24) is 14.8 Å². The van der Waals surface area contributed by atoms with Crippen molar-refractivity contribution in [3.63, 3.8) is 0 Å². The Hall–Kier alpha value is -2.31. The van der Waals surface area contributed by atoms with Gasteiger partial charge in [0.25, 0.3) is 0 Å². The highest BCUT2D eigenvalue weighted by Crippen LogP contribution is 2.28. The molecule has 1 amide bonds. The van der Waals surface area contributed by atoms with E-state index in [9.17, 15) is 4.79 Å². The molecule has 28 heavy (non-hydrogen) atoms. The fraction of sp³-hybridized carbons (Fsp3) is 0.286. The summed E-state index contributed by atoms with van der Waals surface area (Å²) >= 11 is 7.37. The van der Waals surface area contributed by atoms with Gasteiger partial charge in [0.15, 0.2) is 11.0 Å². The van der Waals surface area contributed by atoms with Gasteiger partial charge in [-0.25, -0.2) is 0 Å². The van der Waals surface area contributed by atoms with Gasteiger partial charge in [-0.2, -0.15) is 0 Å². The number of anilines is 1. The van der Waals surface area contributed by atoms with Gasteiger partial charge in [0, 0.05) is 22.8 Å². The molecule has 1 N–H and O–H groups in total. The smallest absolute Gasteiger partial charge is 0.237 e. The molecule has 3 rings (SSSR count). The summed E-state index contributed by atoms with van der Waals surface area (Å²) in [5.74, 6) is 0.706. The average Bonchev–Trinajstić information content (AvgIpc) is 3.11. The molecule has 0 aliphatic heterocycles. The van der Waals surface area contributed by atoms with Crippen LogP contribution < -0.4 is 5.32 Å². The number of carbonyl (C=O) groups is 1. The van der Waals surface area contributed by atoms with Gasteiger partial charge in [-0.15, -0.1) is 10.2 Å². The van der Waals surface area contributed by atoms with Crippen LogP contribution in [0.2, 0.25) is 5.02 Å². The molecule has 3 aromatic rings. The Morgan fingerprint density at radius 3 is 2.39 bits per heavy atom. The quantitative estimate of drug-likeness (QED) is 0.533. The molecule has 0 aliphatic rings. The Labute approximate surface area is 174 Å². The molecule has 0 spiro atoms. The van der Waals surface area contributed by atoms with Crippen LogP contribution in [-0.2, 0) is 17.8 Å². The summed E-state index contributed by atoms with van der Waals surface area (Å²) in [5.41, 5.74) is 2.98. The average molecular weight is 415 g/mol. The van der Waals surface area contributed by atoms with Gasteiger partial charge in [0.1, 0.15) is 0 Å². The summed E-state index contributed by atoms with van der Waals surface area (Å²) in [6.45, 7) is 6.72. The molecular weight excluding hydrogens is 392 g/mol. The van der Waals surface area contributed by atoms with Gasteiger partial charge in [-0.3, -0.25) is 4.79 Å². The maximum atomic E-state index is 12.6. The number of amides is 1. The molecule has 2 aromatic carbocycles. The van der Waals surface area contributed by atoms with E-state index in [4.69, 9.17) is 11.6 Å². The third-order valence-electron chi connectivity index (χ3n) is 4.42. The minimum absolute atomic E-state index is 0.0621. The van der Waals surface area contributed by atoms with E-state index in [2.05, 4.69) is 22.4 Å². The van der Waals surface area contributed by atoms with Crippen LogP contribution >= 0.6 is 23.4 Å². The number of rotatable bonds is 7. The number of aromatic nitrogens is 3. The maximum absolute atomic E-state index is 12.6. The third kappa shape index (κ3) is 4.75. The lowest BCUT2D eigenvalue weighted by atomic mass is 10.1. The maximum Gasteiger partial charge on any atom is 0.237 e. The molecule has 0 aliphatic carbocycles. The number of hydrogen-bond donors (Lipinski definition) is 1. The van der Waals surface area contributed by atoms with E-state index in [-0.39, 0.29) is 11.2 Å². The highest BCUT2D eigenvalue weighted by molar-refractivity contribution is 8.00. The van der Waals surface area contributed by atoms with E-state index >= 15 is 0 Å². The standard InChI is InChI=1S/C21H23ClN4OS/c1-4-15-6-12-18(13-7-15)23-20(27)14(3)28-21-25-24-19(26(21)5-2)16-8-10-17(22)11-9-16/h6-14H,4-5H2,1-3H3,(H,23,27). The van der Waals surface area contributed by atoms with Crippen LogP contribution in [-0.4, -0.2) is 25.9 Å². The second kappa shape index (κ2) is 9.26. The first-order valence-corrected chi connectivity index (χ1v) is 10.5. The van der Waals surface area contributed by atoms with Crippen molar-refractivity contribution in [2.24, 2.45) is 0 Å². The summed E-state index contributed by atoms with van der Waals surface area (Å²) in [5, 5.41) is 12.7. The van der Waals surface area contributed by atoms with Gasteiger partial charge in [0.2, 0.25) is 5.91 Å². The SMILES string of the molecule is CCc1ccc(NC(=O)C(C)Sc2nnc(-c3ccc(Cl)cc3)n2CC)cc1. The van der Waals surface area contributed by atoms with Crippen molar-refractivity contribution in [3.8, 4) is 11.4 Å². The molecule has 1 unspecified atom stereocenters. The molecule has 0 saturated heterocycles. The highest BCUT2D eigenvalue weighted by atomic mass is 35.5. The summed E-state index contributed by atoms with van der Waals surface area (Å²) in [4.78, 5) is 12.6. The second-order valence-electron chi connectivity index (χ2n) is 6.36. The number of hydrogen-bond acceptors (Lipinski definition) is 4. The van der Waals surface area contributed by atoms with E-state index in [0.29, 0.717) is 11.6 Å². The molecule has 5 nitrogen and oxygen atoms in total. The first-order valence-electron chi connectivity index (χ1n) is 9.27. The van der Waals surface area contributed by atoms with Gasteiger partial charge in [-0.05, 0) is 62.2 Å². The molecule has 146 valence electrons. The van der Waals surface area contributed by atoms with Gasteiger partial charge in [0.05, 0.1) is 5.25 Å². The van der Waals surface area contributed by atoms with Crippen LogP contribution in [0.5, 0.6) is 0 Å². The third-order valence-corrected chi connectivity index (χ3v) is 5.75. The highest BCUT2D eigenvalue weighted by Gasteiger charge is 2.20. The zero-order valence-electron chi connectivity index (χ0n) is 16.1. The number of aryl methyl sites for hydroxylation is 1. The first-order chi connectivity index (χ1) is 13.5. The van der Waals surface area contributed by atoms with Gasteiger partial charge >= 0.3 is 0 Å². The van der Waals surface area contributed by atoms with Crippen molar-refractivity contribution in [2.75, 3.05) is 5.32 Å². The fourth-order valence-corrected chi connectivity index (χ4v) is 3.79. The fourth-order valence-electron chi connectivity index (χ4n) is 2.75. The lowest BCUT2D eigenvalue weighted by molar-refractivity contribution is -0.115. The first kappa shape index (κ1) is 20.4. The van der Waals surface area contributed by atoms with Crippen LogP contribution in [0.4, 0.5) is 5.69 Å². The number of nitrogens with zero attached hydrogens (tertiary/aromatic N) is 3. The van der Waals surface area contributed by atoms with Crippen molar-refractivity contribution >= 4 is 35.0 Å². The number of halogens is 1. The van der Waals surface area contributed by atoms with Crippen molar-refractivity contribution in [1.29, 1.82) is 0 Å². The number of nitrogens with one attached hydrogen (secondary N) is 1. The Balaban J connectivity index is 1.71. The molecule has 0 radical (unpaired) electrons. The molecule has 0 saturated carbocycles. The van der Waals surface area contributed by atoms with E-state index < -0.39 is 0 Å². The van der Waals surface area contributed by atoms with E-state index in [1.165, 1.54) is 17.3 Å². The lowest BCUT2D eigenvalue weighted by Gasteiger charge is -2.13. The molecule has 0 fully saturated rings. The zero-order chi connectivity index (χ0) is 20.1. The van der Waals surface area contributed by atoms with Crippen molar-refractivity contribution < 1.29 is 4.79 Å². The molecule has 1 heterocycles. The van der Waals surface area contributed by atoms with Gasteiger partial charge < -0.3 is 9.88 Å². The predicted molar refractivity (Wildman–Crippen MR) is 116 cm³/mol. The zero-order valence-corrected chi connectivity index (χ0v) is 17.7. The molecule has 1 aromatic heterocycles. The Kier molecular flexibility index (Phi) is 6.75. The summed E-state index contributed by atoms with van der Waals surface area (Å²) in [6.07, 6.45) is 0.975. The topological polar surface area (TPSA) is 59.8 Å². The van der Waals surface area contributed by atoms with Crippen LogP contribution in [0, 0.1) is 0 Å². The van der Waals surface area contributed by atoms with Crippen LogP contribution in [0.3, 0.4) is 0 Å². The minimum Gasteiger partial charge on any atom is -0.325 e. The Bertz CT molecular complexity index is 938. The number of benzene rings is 2.